The number of piperidine rings is 1. The number of benzene rings is 1. The molecule has 8 nitrogen and oxygen atoms in total. The largest absolute Gasteiger partial charge is 0.486 e. The van der Waals surface area contributed by atoms with Crippen molar-refractivity contribution in [2.45, 2.75) is 19.3 Å². The van der Waals surface area contributed by atoms with Crippen LogP contribution in [0.5, 0.6) is 11.5 Å². The van der Waals surface area contributed by atoms with Gasteiger partial charge in [-0.1, -0.05) is 6.07 Å². The highest BCUT2D eigenvalue weighted by molar-refractivity contribution is 5.98. The van der Waals surface area contributed by atoms with Crippen molar-refractivity contribution in [1.29, 1.82) is 0 Å². The second-order valence-corrected chi connectivity index (χ2v) is 7.89. The number of rotatable bonds is 3. The fourth-order valence-corrected chi connectivity index (χ4v) is 4.36. The number of piperazine rings is 1. The summed E-state index contributed by atoms with van der Waals surface area (Å²) in [7, 11) is 0. The van der Waals surface area contributed by atoms with Crippen LogP contribution < -0.4 is 19.3 Å². The molecule has 1 aromatic carbocycles. The summed E-state index contributed by atoms with van der Waals surface area (Å²) in [6.07, 6.45) is 5.40. The van der Waals surface area contributed by atoms with Crippen LogP contribution in [0.1, 0.15) is 29.6 Å². The SMILES string of the molecule is O=C(c1cccc2c1OCCO2)N1CCN(c2cc(N3CCCCC3)ncn2)CC1. The van der Waals surface area contributed by atoms with E-state index in [-0.39, 0.29) is 5.91 Å². The maximum Gasteiger partial charge on any atom is 0.257 e. The molecule has 0 bridgehead atoms. The van der Waals surface area contributed by atoms with E-state index in [9.17, 15) is 4.79 Å². The van der Waals surface area contributed by atoms with Crippen LogP contribution >= 0.6 is 0 Å². The lowest BCUT2D eigenvalue weighted by atomic mass is 10.1. The molecular formula is C22H27N5O3. The van der Waals surface area contributed by atoms with Gasteiger partial charge in [-0.05, 0) is 31.4 Å². The van der Waals surface area contributed by atoms with Crippen molar-refractivity contribution in [1.82, 2.24) is 14.9 Å². The highest BCUT2D eigenvalue weighted by Gasteiger charge is 2.27. The first-order valence-electron chi connectivity index (χ1n) is 10.8. The van der Waals surface area contributed by atoms with Gasteiger partial charge >= 0.3 is 0 Å². The van der Waals surface area contributed by atoms with Crippen molar-refractivity contribution in [2.75, 3.05) is 62.3 Å². The number of nitrogens with zero attached hydrogens (tertiary/aromatic N) is 5. The Bertz CT molecular complexity index is 907. The molecule has 4 heterocycles. The van der Waals surface area contributed by atoms with Crippen LogP contribution in [0.25, 0.3) is 0 Å². The molecule has 3 aliphatic rings. The van der Waals surface area contributed by atoms with Gasteiger partial charge in [0.2, 0.25) is 0 Å². The number of carbonyl (C=O) groups is 1. The van der Waals surface area contributed by atoms with E-state index < -0.39 is 0 Å². The Labute approximate surface area is 176 Å². The van der Waals surface area contributed by atoms with E-state index in [4.69, 9.17) is 9.47 Å². The molecule has 0 aliphatic carbocycles. The minimum atomic E-state index is -0.00584. The quantitative estimate of drug-likeness (QED) is 0.770. The third kappa shape index (κ3) is 3.74. The fraction of sp³-hybridized carbons (Fsp3) is 0.500. The first-order chi connectivity index (χ1) is 14.8. The maximum absolute atomic E-state index is 13.1. The van der Waals surface area contributed by atoms with Crippen LogP contribution in [-0.2, 0) is 0 Å². The van der Waals surface area contributed by atoms with E-state index >= 15 is 0 Å². The molecule has 158 valence electrons. The van der Waals surface area contributed by atoms with Gasteiger partial charge in [-0.2, -0.15) is 0 Å². The molecule has 2 fully saturated rings. The highest BCUT2D eigenvalue weighted by Crippen LogP contribution is 2.34. The zero-order valence-corrected chi connectivity index (χ0v) is 17.1. The normalized spacial score (nSPS) is 19.0. The molecule has 5 rings (SSSR count). The Balaban J connectivity index is 1.25. The number of aromatic nitrogens is 2. The molecule has 2 aromatic rings. The van der Waals surface area contributed by atoms with Crippen LogP contribution in [-0.4, -0.2) is 73.3 Å². The molecule has 0 saturated carbocycles. The van der Waals surface area contributed by atoms with Crippen LogP contribution in [0.15, 0.2) is 30.6 Å². The number of amides is 1. The predicted octanol–water partition coefficient (Wildman–Crippen LogP) is 2.20. The number of anilines is 2. The lowest BCUT2D eigenvalue weighted by Crippen LogP contribution is -2.49. The molecular weight excluding hydrogens is 382 g/mol. The van der Waals surface area contributed by atoms with Gasteiger partial charge < -0.3 is 24.2 Å². The summed E-state index contributed by atoms with van der Waals surface area (Å²) in [6.45, 7) is 5.89. The Kier molecular flexibility index (Phi) is 5.29. The summed E-state index contributed by atoms with van der Waals surface area (Å²) in [5.41, 5.74) is 0.579. The average molecular weight is 409 g/mol. The minimum absolute atomic E-state index is 0.00584. The first kappa shape index (κ1) is 19.0. The van der Waals surface area contributed by atoms with Gasteiger partial charge in [0.25, 0.3) is 5.91 Å². The summed E-state index contributed by atoms with van der Waals surface area (Å²) in [4.78, 5) is 28.5. The molecule has 3 aliphatic heterocycles. The average Bonchev–Trinajstić information content (AvgIpc) is 2.84. The fourth-order valence-electron chi connectivity index (χ4n) is 4.36. The third-order valence-electron chi connectivity index (χ3n) is 6.01. The van der Waals surface area contributed by atoms with Crippen molar-refractivity contribution >= 4 is 17.5 Å². The lowest BCUT2D eigenvalue weighted by Gasteiger charge is -2.36. The summed E-state index contributed by atoms with van der Waals surface area (Å²) in [5, 5.41) is 0. The number of carbonyl (C=O) groups excluding carboxylic acids is 1. The zero-order chi connectivity index (χ0) is 20.3. The van der Waals surface area contributed by atoms with Crippen molar-refractivity contribution in [2.24, 2.45) is 0 Å². The molecule has 2 saturated heterocycles. The number of hydrogen-bond donors (Lipinski definition) is 0. The van der Waals surface area contributed by atoms with E-state index in [1.165, 1.54) is 19.3 Å². The number of hydrogen-bond acceptors (Lipinski definition) is 7. The number of ether oxygens (including phenoxy) is 2. The van der Waals surface area contributed by atoms with Crippen molar-refractivity contribution < 1.29 is 14.3 Å². The lowest BCUT2D eigenvalue weighted by molar-refractivity contribution is 0.0736. The van der Waals surface area contributed by atoms with Crippen LogP contribution in [0.2, 0.25) is 0 Å². The first-order valence-corrected chi connectivity index (χ1v) is 10.8. The van der Waals surface area contributed by atoms with Crippen LogP contribution in [0, 0.1) is 0 Å². The molecule has 0 unspecified atom stereocenters. The van der Waals surface area contributed by atoms with Crippen molar-refractivity contribution in [3.05, 3.63) is 36.2 Å². The van der Waals surface area contributed by atoms with E-state index in [1.54, 1.807) is 6.33 Å². The van der Waals surface area contributed by atoms with Gasteiger partial charge in [0.05, 0.1) is 5.56 Å². The smallest absolute Gasteiger partial charge is 0.257 e. The topological polar surface area (TPSA) is 71.0 Å². The molecule has 1 amide bonds. The molecule has 0 radical (unpaired) electrons. The van der Waals surface area contributed by atoms with E-state index in [0.717, 1.165) is 37.8 Å². The van der Waals surface area contributed by atoms with Crippen LogP contribution in [0.3, 0.4) is 0 Å². The number of fused-ring (bicyclic) bond motifs is 1. The molecule has 0 atom stereocenters. The monoisotopic (exact) mass is 409 g/mol. The predicted molar refractivity (Wildman–Crippen MR) is 114 cm³/mol. The molecule has 0 N–H and O–H groups in total. The van der Waals surface area contributed by atoms with E-state index in [0.29, 0.717) is 43.4 Å². The Morgan fingerprint density at radius 1 is 0.833 bits per heavy atom. The van der Waals surface area contributed by atoms with Crippen LogP contribution in [0.4, 0.5) is 11.6 Å². The van der Waals surface area contributed by atoms with E-state index in [1.807, 2.05) is 23.1 Å². The molecule has 30 heavy (non-hydrogen) atoms. The molecule has 0 spiro atoms. The summed E-state index contributed by atoms with van der Waals surface area (Å²) in [6, 6.07) is 7.59. The zero-order valence-electron chi connectivity index (χ0n) is 17.1. The van der Waals surface area contributed by atoms with Gasteiger partial charge in [-0.3, -0.25) is 4.79 Å². The second kappa shape index (κ2) is 8.38. The second-order valence-electron chi connectivity index (χ2n) is 7.89. The highest BCUT2D eigenvalue weighted by atomic mass is 16.6. The Morgan fingerprint density at radius 2 is 1.53 bits per heavy atom. The minimum Gasteiger partial charge on any atom is -0.486 e. The number of para-hydroxylation sites is 1. The Hall–Kier alpha value is -3.03. The van der Waals surface area contributed by atoms with Gasteiger partial charge in [0, 0.05) is 45.3 Å². The standard InChI is InChI=1S/C22H27N5O3/c28-22(17-5-4-6-18-21(17)30-14-13-29-18)27-11-9-26(10-12-27)20-15-19(23-16-24-20)25-7-2-1-3-8-25/h4-6,15-16H,1-3,7-14H2. The van der Waals surface area contributed by atoms with Crippen molar-refractivity contribution in [3.63, 3.8) is 0 Å². The third-order valence-corrected chi connectivity index (χ3v) is 6.01. The van der Waals surface area contributed by atoms with Gasteiger partial charge in [-0.15, -0.1) is 0 Å². The summed E-state index contributed by atoms with van der Waals surface area (Å²) in [5.74, 6) is 3.15. The Morgan fingerprint density at radius 3 is 2.30 bits per heavy atom. The van der Waals surface area contributed by atoms with Gasteiger partial charge in [0.1, 0.15) is 31.2 Å². The van der Waals surface area contributed by atoms with Gasteiger partial charge in [0.15, 0.2) is 11.5 Å². The summed E-state index contributed by atoms with van der Waals surface area (Å²) < 4.78 is 11.3. The van der Waals surface area contributed by atoms with Crippen molar-refractivity contribution in [3.8, 4) is 11.5 Å². The molecule has 8 heteroatoms. The maximum atomic E-state index is 13.1. The molecule has 1 aromatic heterocycles. The summed E-state index contributed by atoms with van der Waals surface area (Å²) >= 11 is 0. The van der Waals surface area contributed by atoms with Gasteiger partial charge in [-0.25, -0.2) is 9.97 Å². The van der Waals surface area contributed by atoms with E-state index in [2.05, 4.69) is 25.8 Å².